The predicted octanol–water partition coefficient (Wildman–Crippen LogP) is 0.881. The fourth-order valence-electron chi connectivity index (χ4n) is 1.41. The van der Waals surface area contributed by atoms with Crippen LogP contribution >= 0.6 is 23.1 Å². The van der Waals surface area contributed by atoms with Gasteiger partial charge in [-0.1, -0.05) is 29.5 Å². The van der Waals surface area contributed by atoms with E-state index in [1.165, 1.54) is 23.1 Å². The molecule has 0 spiro atoms. The van der Waals surface area contributed by atoms with Crippen molar-refractivity contribution in [2.45, 2.75) is 28.9 Å². The van der Waals surface area contributed by atoms with Crippen LogP contribution in [0.15, 0.2) is 4.34 Å². The van der Waals surface area contributed by atoms with E-state index in [1.807, 2.05) is 0 Å². The molecule has 3 N–H and O–H groups in total. The maximum Gasteiger partial charge on any atom is 0.233 e. The van der Waals surface area contributed by atoms with Crippen LogP contribution in [0.2, 0.25) is 0 Å². The molecule has 0 bridgehead atoms. The summed E-state index contributed by atoms with van der Waals surface area (Å²) in [5, 5.41) is 10.9. The molecule has 1 aliphatic rings. The number of nitrogens with one attached hydrogen (secondary N) is 1. The molecule has 1 saturated heterocycles. The van der Waals surface area contributed by atoms with Crippen molar-refractivity contribution >= 4 is 34.1 Å². The number of hydrogen-bond donors (Lipinski definition) is 2. The third-order valence-corrected chi connectivity index (χ3v) is 4.25. The monoisotopic (exact) mass is 244 g/mol. The summed E-state index contributed by atoms with van der Waals surface area (Å²) in [5.74, 6) is 0.103. The predicted molar refractivity (Wildman–Crippen MR) is 60.8 cm³/mol. The lowest BCUT2D eigenvalue weighted by Crippen LogP contribution is -2.30. The van der Waals surface area contributed by atoms with Crippen LogP contribution in [0, 0.1) is 0 Å². The maximum atomic E-state index is 11.6. The number of anilines is 1. The molecule has 1 amide bonds. The normalized spacial score (nSPS) is 22.1. The lowest BCUT2D eigenvalue weighted by Gasteiger charge is -2.09. The van der Waals surface area contributed by atoms with E-state index >= 15 is 0 Å². The van der Waals surface area contributed by atoms with Crippen molar-refractivity contribution < 1.29 is 4.79 Å². The third kappa shape index (κ3) is 2.82. The summed E-state index contributed by atoms with van der Waals surface area (Å²) in [7, 11) is 0. The first-order valence-corrected chi connectivity index (χ1v) is 6.48. The number of carbonyl (C=O) groups excluding carboxylic acids is 1. The number of rotatable bonds is 2. The molecule has 1 fully saturated rings. The van der Waals surface area contributed by atoms with E-state index < -0.39 is 0 Å². The Bertz CT molecular complexity index is 354. The fraction of sp³-hybridized carbons (Fsp3) is 0.625. The van der Waals surface area contributed by atoms with E-state index in [0.29, 0.717) is 5.13 Å². The quantitative estimate of drug-likeness (QED) is 0.807. The molecule has 0 radical (unpaired) electrons. The Labute approximate surface area is 95.8 Å². The summed E-state index contributed by atoms with van der Waals surface area (Å²) >= 11 is 2.79. The molecule has 7 heteroatoms. The minimum atomic E-state index is -0.0418. The molecular formula is C8H12N4OS2. The minimum Gasteiger partial charge on any atom is -0.374 e. The van der Waals surface area contributed by atoms with Crippen LogP contribution in [0.3, 0.4) is 0 Å². The lowest BCUT2D eigenvalue weighted by molar-refractivity contribution is -0.120. The van der Waals surface area contributed by atoms with Crippen LogP contribution in [-0.4, -0.2) is 27.9 Å². The topological polar surface area (TPSA) is 80.9 Å². The Balaban J connectivity index is 2.00. The first-order valence-electron chi connectivity index (χ1n) is 4.79. The average molecular weight is 244 g/mol. The summed E-state index contributed by atoms with van der Waals surface area (Å²) < 4.78 is 0.773. The molecule has 1 aromatic rings. The largest absolute Gasteiger partial charge is 0.374 e. The second kappa shape index (κ2) is 4.80. The smallest absolute Gasteiger partial charge is 0.233 e. The highest BCUT2D eigenvalue weighted by atomic mass is 32.2. The molecule has 2 heterocycles. The van der Waals surface area contributed by atoms with Crippen molar-refractivity contribution in [3.8, 4) is 0 Å². The van der Waals surface area contributed by atoms with Crippen molar-refractivity contribution in [3.63, 3.8) is 0 Å². The van der Waals surface area contributed by atoms with E-state index in [-0.39, 0.29) is 11.2 Å². The standard InChI is InChI=1S/C8H12N4OS2/c9-7-11-12-8(15-7)14-5-3-1-2-4-10-6(5)13/h5H,1-4H2,(H2,9,11)(H,10,13). The lowest BCUT2D eigenvalue weighted by atomic mass is 10.2. The van der Waals surface area contributed by atoms with Gasteiger partial charge in [-0.2, -0.15) is 0 Å². The van der Waals surface area contributed by atoms with Crippen molar-refractivity contribution in [1.29, 1.82) is 0 Å². The van der Waals surface area contributed by atoms with Gasteiger partial charge in [0.05, 0.1) is 5.25 Å². The summed E-state index contributed by atoms with van der Waals surface area (Å²) in [6.45, 7) is 0.786. The van der Waals surface area contributed by atoms with Crippen molar-refractivity contribution in [3.05, 3.63) is 0 Å². The first kappa shape index (κ1) is 10.7. The van der Waals surface area contributed by atoms with Gasteiger partial charge in [-0.15, -0.1) is 10.2 Å². The van der Waals surface area contributed by atoms with Gasteiger partial charge in [-0.25, -0.2) is 0 Å². The fourth-order valence-corrected chi connectivity index (χ4v) is 3.36. The number of hydrogen-bond acceptors (Lipinski definition) is 6. The Morgan fingerprint density at radius 3 is 3.07 bits per heavy atom. The Hall–Kier alpha value is -0.820. The Morgan fingerprint density at radius 1 is 1.47 bits per heavy atom. The van der Waals surface area contributed by atoms with E-state index in [4.69, 9.17) is 5.73 Å². The van der Waals surface area contributed by atoms with Crippen LogP contribution in [0.1, 0.15) is 19.3 Å². The zero-order chi connectivity index (χ0) is 10.7. The summed E-state index contributed by atoms with van der Waals surface area (Å²) in [5.41, 5.74) is 5.48. The van der Waals surface area contributed by atoms with E-state index in [0.717, 1.165) is 30.1 Å². The van der Waals surface area contributed by atoms with Crippen LogP contribution in [-0.2, 0) is 4.79 Å². The van der Waals surface area contributed by atoms with Crippen molar-refractivity contribution in [1.82, 2.24) is 15.5 Å². The number of nitrogens with two attached hydrogens (primary N) is 1. The highest BCUT2D eigenvalue weighted by Gasteiger charge is 2.23. The molecule has 1 aliphatic heterocycles. The van der Waals surface area contributed by atoms with Gasteiger partial charge < -0.3 is 11.1 Å². The van der Waals surface area contributed by atoms with Crippen LogP contribution in [0.25, 0.3) is 0 Å². The number of thioether (sulfide) groups is 1. The third-order valence-electron chi connectivity index (χ3n) is 2.15. The molecule has 82 valence electrons. The molecule has 2 rings (SSSR count). The Kier molecular flexibility index (Phi) is 3.42. The van der Waals surface area contributed by atoms with Gasteiger partial charge in [0.1, 0.15) is 0 Å². The van der Waals surface area contributed by atoms with Crippen LogP contribution in [0.5, 0.6) is 0 Å². The number of aromatic nitrogens is 2. The van der Waals surface area contributed by atoms with Gasteiger partial charge in [-0.3, -0.25) is 4.79 Å². The number of amides is 1. The van der Waals surface area contributed by atoms with Gasteiger partial charge in [0.15, 0.2) is 4.34 Å². The van der Waals surface area contributed by atoms with Crippen LogP contribution in [0.4, 0.5) is 5.13 Å². The van der Waals surface area contributed by atoms with E-state index in [1.54, 1.807) is 0 Å². The van der Waals surface area contributed by atoms with E-state index in [2.05, 4.69) is 15.5 Å². The zero-order valence-corrected chi connectivity index (χ0v) is 9.74. The van der Waals surface area contributed by atoms with Crippen molar-refractivity contribution in [2.75, 3.05) is 12.3 Å². The SMILES string of the molecule is Nc1nnc(SC2CCCCNC2=O)s1. The molecule has 0 aromatic carbocycles. The molecule has 1 aromatic heterocycles. The average Bonchev–Trinajstić information content (AvgIpc) is 2.50. The Morgan fingerprint density at radius 2 is 2.33 bits per heavy atom. The molecule has 5 nitrogen and oxygen atoms in total. The molecule has 0 aliphatic carbocycles. The zero-order valence-electron chi connectivity index (χ0n) is 8.10. The second-order valence-corrected chi connectivity index (χ2v) is 5.76. The van der Waals surface area contributed by atoms with Gasteiger partial charge in [-0.05, 0) is 12.8 Å². The van der Waals surface area contributed by atoms with Gasteiger partial charge in [0, 0.05) is 6.54 Å². The van der Waals surface area contributed by atoms with Gasteiger partial charge in [0.25, 0.3) is 0 Å². The second-order valence-electron chi connectivity index (χ2n) is 3.30. The number of carbonyl (C=O) groups is 1. The minimum absolute atomic E-state index is 0.0418. The van der Waals surface area contributed by atoms with Crippen LogP contribution < -0.4 is 11.1 Å². The maximum absolute atomic E-state index is 11.6. The van der Waals surface area contributed by atoms with E-state index in [9.17, 15) is 4.79 Å². The number of nitrogens with zero attached hydrogens (tertiary/aromatic N) is 2. The molecule has 1 atom stereocenters. The first-order chi connectivity index (χ1) is 7.25. The highest BCUT2D eigenvalue weighted by Crippen LogP contribution is 2.30. The summed E-state index contributed by atoms with van der Waals surface area (Å²) in [6, 6.07) is 0. The number of nitrogen functional groups attached to an aromatic ring is 1. The van der Waals surface area contributed by atoms with Gasteiger partial charge >= 0.3 is 0 Å². The molecule has 15 heavy (non-hydrogen) atoms. The summed E-state index contributed by atoms with van der Waals surface area (Å²) in [6.07, 6.45) is 3.03. The molecule has 1 unspecified atom stereocenters. The molecular weight excluding hydrogens is 232 g/mol. The summed E-state index contributed by atoms with van der Waals surface area (Å²) in [4.78, 5) is 11.6. The molecule has 0 saturated carbocycles. The highest BCUT2D eigenvalue weighted by molar-refractivity contribution is 8.02. The van der Waals surface area contributed by atoms with Gasteiger partial charge in [0.2, 0.25) is 11.0 Å². The van der Waals surface area contributed by atoms with Crippen molar-refractivity contribution in [2.24, 2.45) is 0 Å².